The molecule has 0 fully saturated rings. The second kappa shape index (κ2) is 7.51. The molecular weight excluding hydrogens is 302 g/mol. The molecule has 5 heteroatoms. The van der Waals surface area contributed by atoms with Crippen LogP contribution in [0.4, 0.5) is 0 Å². The molecule has 0 spiro atoms. The SMILES string of the molecule is CCOc1ccc(CCCC(=O)N2CCc3nc[nH]c3C2)cc1C. The van der Waals surface area contributed by atoms with E-state index >= 15 is 0 Å². The Hall–Kier alpha value is -2.30. The summed E-state index contributed by atoms with van der Waals surface area (Å²) in [5.41, 5.74) is 4.60. The Morgan fingerprint density at radius 2 is 2.29 bits per heavy atom. The van der Waals surface area contributed by atoms with Crippen molar-refractivity contribution in [3.63, 3.8) is 0 Å². The number of aryl methyl sites for hydroxylation is 2. The summed E-state index contributed by atoms with van der Waals surface area (Å²) in [5, 5.41) is 0. The van der Waals surface area contributed by atoms with Gasteiger partial charge in [0.05, 0.1) is 30.9 Å². The number of imidazole rings is 1. The number of aromatic nitrogens is 2. The molecule has 0 bridgehead atoms. The van der Waals surface area contributed by atoms with E-state index < -0.39 is 0 Å². The summed E-state index contributed by atoms with van der Waals surface area (Å²) in [4.78, 5) is 21.7. The summed E-state index contributed by atoms with van der Waals surface area (Å²) in [5.74, 6) is 1.18. The van der Waals surface area contributed by atoms with E-state index in [2.05, 4.69) is 29.0 Å². The monoisotopic (exact) mass is 327 g/mol. The van der Waals surface area contributed by atoms with Gasteiger partial charge < -0.3 is 14.6 Å². The minimum atomic E-state index is 0.234. The average Bonchev–Trinajstić information content (AvgIpc) is 3.05. The third kappa shape index (κ3) is 3.78. The van der Waals surface area contributed by atoms with Gasteiger partial charge in [0.15, 0.2) is 0 Å². The van der Waals surface area contributed by atoms with Crippen molar-refractivity contribution >= 4 is 5.91 Å². The fourth-order valence-electron chi connectivity index (χ4n) is 3.21. The lowest BCUT2D eigenvalue weighted by Gasteiger charge is -2.26. The second-order valence-corrected chi connectivity index (χ2v) is 6.28. The lowest BCUT2D eigenvalue weighted by atomic mass is 10.0. The zero-order chi connectivity index (χ0) is 16.9. The van der Waals surface area contributed by atoms with E-state index in [4.69, 9.17) is 4.74 Å². The zero-order valence-electron chi connectivity index (χ0n) is 14.5. The number of carbonyl (C=O) groups is 1. The number of carbonyl (C=O) groups excluding carboxylic acids is 1. The van der Waals surface area contributed by atoms with Gasteiger partial charge in [-0.05, 0) is 43.9 Å². The number of benzene rings is 1. The van der Waals surface area contributed by atoms with Crippen LogP contribution in [0.5, 0.6) is 5.75 Å². The fourth-order valence-corrected chi connectivity index (χ4v) is 3.21. The molecule has 5 nitrogen and oxygen atoms in total. The van der Waals surface area contributed by atoms with Crippen molar-refractivity contribution in [1.29, 1.82) is 0 Å². The van der Waals surface area contributed by atoms with E-state index in [1.54, 1.807) is 6.33 Å². The van der Waals surface area contributed by atoms with Crippen molar-refractivity contribution in [2.45, 2.75) is 46.1 Å². The third-order valence-corrected chi connectivity index (χ3v) is 4.52. The smallest absolute Gasteiger partial charge is 0.222 e. The number of rotatable bonds is 6. The van der Waals surface area contributed by atoms with Crippen molar-refractivity contribution in [3.05, 3.63) is 47.0 Å². The highest BCUT2D eigenvalue weighted by Gasteiger charge is 2.21. The molecule has 2 aromatic rings. The third-order valence-electron chi connectivity index (χ3n) is 4.52. The summed E-state index contributed by atoms with van der Waals surface area (Å²) >= 11 is 0. The molecule has 0 unspecified atom stereocenters. The number of amides is 1. The van der Waals surface area contributed by atoms with E-state index in [1.807, 2.05) is 17.9 Å². The minimum absolute atomic E-state index is 0.234. The van der Waals surface area contributed by atoms with Crippen LogP contribution in [0.25, 0.3) is 0 Å². The van der Waals surface area contributed by atoms with Gasteiger partial charge in [-0.3, -0.25) is 4.79 Å². The van der Waals surface area contributed by atoms with Crippen LogP contribution >= 0.6 is 0 Å². The second-order valence-electron chi connectivity index (χ2n) is 6.28. The van der Waals surface area contributed by atoms with Crippen LogP contribution in [0.3, 0.4) is 0 Å². The summed E-state index contributed by atoms with van der Waals surface area (Å²) in [6.07, 6.45) is 4.95. The molecular formula is C19H25N3O2. The number of hydrogen-bond donors (Lipinski definition) is 1. The van der Waals surface area contributed by atoms with Crippen molar-refractivity contribution < 1.29 is 9.53 Å². The quantitative estimate of drug-likeness (QED) is 0.887. The minimum Gasteiger partial charge on any atom is -0.494 e. The summed E-state index contributed by atoms with van der Waals surface area (Å²) in [6, 6.07) is 6.29. The topological polar surface area (TPSA) is 58.2 Å². The Bertz CT molecular complexity index is 708. The Kier molecular flexibility index (Phi) is 5.18. The molecule has 1 N–H and O–H groups in total. The Labute approximate surface area is 143 Å². The largest absolute Gasteiger partial charge is 0.494 e. The van der Waals surface area contributed by atoms with E-state index in [1.165, 1.54) is 5.56 Å². The standard InChI is InChI=1S/C19H25N3O2/c1-3-24-18-8-7-15(11-14(18)2)5-4-6-19(23)22-10-9-16-17(12-22)21-13-20-16/h7-8,11,13H,3-6,9-10,12H2,1-2H3,(H,20,21). The van der Waals surface area contributed by atoms with Crippen molar-refractivity contribution in [2.75, 3.05) is 13.2 Å². The van der Waals surface area contributed by atoms with E-state index in [0.29, 0.717) is 19.6 Å². The molecule has 1 aliphatic heterocycles. The molecule has 0 aliphatic carbocycles. The van der Waals surface area contributed by atoms with Gasteiger partial charge in [0.25, 0.3) is 0 Å². The summed E-state index contributed by atoms with van der Waals surface area (Å²) in [7, 11) is 0. The summed E-state index contributed by atoms with van der Waals surface area (Å²) < 4.78 is 5.57. The molecule has 1 amide bonds. The Morgan fingerprint density at radius 1 is 1.42 bits per heavy atom. The number of nitrogens with zero attached hydrogens (tertiary/aromatic N) is 2. The van der Waals surface area contributed by atoms with Gasteiger partial charge in [-0.2, -0.15) is 0 Å². The number of fused-ring (bicyclic) bond motifs is 1. The lowest BCUT2D eigenvalue weighted by Crippen LogP contribution is -2.35. The Balaban J connectivity index is 1.48. The number of ether oxygens (including phenoxy) is 1. The first-order valence-corrected chi connectivity index (χ1v) is 8.68. The van der Waals surface area contributed by atoms with Gasteiger partial charge >= 0.3 is 0 Å². The van der Waals surface area contributed by atoms with E-state index in [0.717, 1.165) is 48.5 Å². The highest BCUT2D eigenvalue weighted by atomic mass is 16.5. The van der Waals surface area contributed by atoms with Crippen LogP contribution in [0.15, 0.2) is 24.5 Å². The van der Waals surface area contributed by atoms with Gasteiger partial charge in [0.1, 0.15) is 5.75 Å². The fraction of sp³-hybridized carbons (Fsp3) is 0.474. The lowest BCUT2D eigenvalue weighted by molar-refractivity contribution is -0.132. The first-order valence-electron chi connectivity index (χ1n) is 8.68. The van der Waals surface area contributed by atoms with E-state index in [-0.39, 0.29) is 5.91 Å². The molecule has 0 saturated heterocycles. The molecule has 2 heterocycles. The van der Waals surface area contributed by atoms with Gasteiger partial charge in [-0.15, -0.1) is 0 Å². The molecule has 1 aromatic carbocycles. The van der Waals surface area contributed by atoms with Gasteiger partial charge in [-0.1, -0.05) is 12.1 Å². The predicted molar refractivity (Wildman–Crippen MR) is 93.0 cm³/mol. The number of H-pyrrole nitrogens is 1. The average molecular weight is 327 g/mol. The van der Waals surface area contributed by atoms with Crippen LogP contribution in [-0.2, 0) is 24.2 Å². The zero-order valence-corrected chi connectivity index (χ0v) is 14.5. The Morgan fingerprint density at radius 3 is 3.08 bits per heavy atom. The van der Waals surface area contributed by atoms with Crippen LogP contribution in [0, 0.1) is 6.92 Å². The van der Waals surface area contributed by atoms with Crippen LogP contribution in [-0.4, -0.2) is 33.9 Å². The maximum atomic E-state index is 12.4. The molecule has 24 heavy (non-hydrogen) atoms. The maximum Gasteiger partial charge on any atom is 0.222 e. The van der Waals surface area contributed by atoms with Crippen LogP contribution < -0.4 is 4.74 Å². The van der Waals surface area contributed by atoms with Crippen LogP contribution in [0.2, 0.25) is 0 Å². The van der Waals surface area contributed by atoms with Crippen molar-refractivity contribution in [2.24, 2.45) is 0 Å². The van der Waals surface area contributed by atoms with Crippen molar-refractivity contribution in [1.82, 2.24) is 14.9 Å². The molecule has 1 aromatic heterocycles. The first-order chi connectivity index (χ1) is 11.7. The number of aromatic amines is 1. The van der Waals surface area contributed by atoms with Crippen molar-refractivity contribution in [3.8, 4) is 5.75 Å². The molecule has 128 valence electrons. The maximum absolute atomic E-state index is 12.4. The first kappa shape index (κ1) is 16.6. The normalized spacial score (nSPS) is 13.7. The number of hydrogen-bond acceptors (Lipinski definition) is 3. The van der Waals surface area contributed by atoms with Gasteiger partial charge in [0.2, 0.25) is 5.91 Å². The van der Waals surface area contributed by atoms with Gasteiger partial charge in [-0.25, -0.2) is 4.98 Å². The van der Waals surface area contributed by atoms with Gasteiger partial charge in [0, 0.05) is 19.4 Å². The highest BCUT2D eigenvalue weighted by molar-refractivity contribution is 5.76. The summed E-state index contributed by atoms with van der Waals surface area (Å²) in [6.45, 7) is 6.18. The molecule has 1 aliphatic rings. The molecule has 3 rings (SSSR count). The molecule has 0 saturated carbocycles. The number of nitrogens with one attached hydrogen (secondary N) is 1. The predicted octanol–water partition coefficient (Wildman–Crippen LogP) is 3.02. The van der Waals surface area contributed by atoms with E-state index in [9.17, 15) is 4.79 Å². The highest BCUT2D eigenvalue weighted by Crippen LogP contribution is 2.21. The molecule has 0 atom stereocenters. The molecule has 0 radical (unpaired) electrons. The van der Waals surface area contributed by atoms with Crippen LogP contribution in [0.1, 0.15) is 42.3 Å².